The molecule has 0 aliphatic carbocycles. The van der Waals surface area contributed by atoms with E-state index in [0.717, 1.165) is 52.0 Å². The molecule has 1 amide bonds. The molecule has 2 N–H and O–H groups in total. The minimum Gasteiger partial charge on any atom is -0.351 e. The van der Waals surface area contributed by atoms with Gasteiger partial charge < -0.3 is 10.6 Å². The van der Waals surface area contributed by atoms with E-state index in [2.05, 4.69) is 43.6 Å². The van der Waals surface area contributed by atoms with Gasteiger partial charge in [0.25, 0.3) is 5.91 Å². The van der Waals surface area contributed by atoms with Gasteiger partial charge in [0, 0.05) is 62.1 Å². The number of nitrogens with one attached hydrogen (secondary N) is 2. The molecule has 5 aromatic heterocycles. The van der Waals surface area contributed by atoms with Gasteiger partial charge in [-0.3, -0.25) is 24.3 Å². The molecule has 10 nitrogen and oxygen atoms in total. The lowest BCUT2D eigenvalue weighted by atomic mass is 10.1. The molecule has 0 unspecified atom stereocenters. The lowest BCUT2D eigenvalue weighted by Gasteiger charge is -2.20. The van der Waals surface area contributed by atoms with E-state index in [-0.39, 0.29) is 5.91 Å². The Balaban J connectivity index is 1.25. The van der Waals surface area contributed by atoms with E-state index >= 15 is 0 Å². The first kappa shape index (κ1) is 24.1. The van der Waals surface area contributed by atoms with Crippen LogP contribution in [0.3, 0.4) is 0 Å². The quantitative estimate of drug-likeness (QED) is 0.342. The normalized spacial score (nSPS) is 15.9. The highest BCUT2D eigenvalue weighted by Crippen LogP contribution is 2.31. The van der Waals surface area contributed by atoms with Crippen molar-refractivity contribution in [3.63, 3.8) is 0 Å². The van der Waals surface area contributed by atoms with Gasteiger partial charge in [0.1, 0.15) is 0 Å². The molecule has 0 bridgehead atoms. The predicted molar refractivity (Wildman–Crippen MR) is 148 cm³/mol. The van der Waals surface area contributed by atoms with Crippen LogP contribution in [-0.2, 0) is 7.05 Å². The highest BCUT2D eigenvalue weighted by atomic mass is 16.1. The van der Waals surface area contributed by atoms with Crippen LogP contribution in [0.5, 0.6) is 0 Å². The summed E-state index contributed by atoms with van der Waals surface area (Å²) < 4.78 is 3.71. The summed E-state index contributed by atoms with van der Waals surface area (Å²) in [4.78, 5) is 24.0. The summed E-state index contributed by atoms with van der Waals surface area (Å²) in [5, 5.41) is 16.7. The van der Waals surface area contributed by atoms with Gasteiger partial charge in [-0.2, -0.15) is 10.2 Å². The highest BCUT2D eigenvalue weighted by molar-refractivity contribution is 6.01. The fourth-order valence-electron chi connectivity index (χ4n) is 5.25. The lowest BCUT2D eigenvalue weighted by molar-refractivity contribution is 0.0947. The molecule has 1 aliphatic heterocycles. The van der Waals surface area contributed by atoms with Crippen LogP contribution in [0.2, 0.25) is 0 Å². The van der Waals surface area contributed by atoms with E-state index in [9.17, 15) is 4.79 Å². The van der Waals surface area contributed by atoms with Crippen LogP contribution in [0.4, 0.5) is 11.5 Å². The summed E-state index contributed by atoms with van der Waals surface area (Å²) >= 11 is 0. The zero-order chi connectivity index (χ0) is 26.2. The van der Waals surface area contributed by atoms with Crippen LogP contribution >= 0.6 is 0 Å². The molecule has 1 aliphatic rings. The van der Waals surface area contributed by atoms with E-state index in [1.54, 1.807) is 12.4 Å². The van der Waals surface area contributed by atoms with E-state index in [1.165, 1.54) is 12.8 Å². The highest BCUT2D eigenvalue weighted by Gasteiger charge is 2.20. The first-order chi connectivity index (χ1) is 18.5. The van der Waals surface area contributed by atoms with E-state index < -0.39 is 0 Å². The van der Waals surface area contributed by atoms with Crippen LogP contribution in [0, 0.1) is 6.92 Å². The molecule has 194 valence electrons. The zero-order valence-corrected chi connectivity index (χ0v) is 21.8. The number of likely N-dealkylation sites (tertiary alicyclic amines) is 1. The van der Waals surface area contributed by atoms with Crippen molar-refractivity contribution in [2.24, 2.45) is 7.05 Å². The topological polar surface area (TPSA) is 105 Å². The van der Waals surface area contributed by atoms with Gasteiger partial charge in [0.15, 0.2) is 5.82 Å². The molecule has 1 atom stereocenters. The maximum Gasteiger partial charge on any atom is 0.252 e. The van der Waals surface area contributed by atoms with Crippen LogP contribution in [-0.4, -0.2) is 65.8 Å². The molecular weight excluding hydrogens is 478 g/mol. The first-order valence-electron chi connectivity index (χ1n) is 13.0. The number of fused-ring (bicyclic) bond motifs is 3. The Hall–Kier alpha value is -4.31. The van der Waals surface area contributed by atoms with Crippen molar-refractivity contribution in [2.45, 2.75) is 32.7 Å². The molecule has 38 heavy (non-hydrogen) atoms. The van der Waals surface area contributed by atoms with Crippen molar-refractivity contribution in [1.82, 2.24) is 39.6 Å². The average molecular weight is 510 g/mol. The largest absolute Gasteiger partial charge is 0.351 e. The lowest BCUT2D eigenvalue weighted by Crippen LogP contribution is -2.36. The molecule has 6 heterocycles. The van der Waals surface area contributed by atoms with Crippen molar-refractivity contribution >= 4 is 33.8 Å². The Labute approximate surface area is 220 Å². The van der Waals surface area contributed by atoms with Gasteiger partial charge >= 0.3 is 0 Å². The number of pyridine rings is 2. The van der Waals surface area contributed by atoms with Gasteiger partial charge in [-0.05, 0) is 51.4 Å². The number of nitrogens with zero attached hydrogens (tertiary/aromatic N) is 7. The summed E-state index contributed by atoms with van der Waals surface area (Å²) in [6, 6.07) is 8.47. The number of carbonyl (C=O) groups excluding carboxylic acids is 1. The first-order valence-corrected chi connectivity index (χ1v) is 13.0. The second kappa shape index (κ2) is 9.86. The Bertz CT molecular complexity index is 1620. The minimum atomic E-state index is -0.127. The molecule has 10 heteroatoms. The number of anilines is 2. The van der Waals surface area contributed by atoms with Crippen LogP contribution in [0.25, 0.3) is 27.5 Å². The average Bonchev–Trinajstić information content (AvgIpc) is 3.62. The summed E-state index contributed by atoms with van der Waals surface area (Å²) in [5.74, 6) is 0.532. The standard InChI is InChI=1S/C28H31N9O/c1-18-6-5-10-36(18)11-9-30-28(38)21-12-24(19(2)31-15-21)33-27-23-16-32-37-17-22(20-7-4-8-29-14-20)13-25(37)26(23)35(3)34-27/h4,7-8,12-18H,5-6,9-11H2,1-3H3,(H,30,38)(H,33,34)/t18-/m0/s1. The third-order valence-electron chi connectivity index (χ3n) is 7.41. The number of amides is 1. The molecule has 0 radical (unpaired) electrons. The molecule has 1 saturated heterocycles. The molecular formula is C28H31N9O. The van der Waals surface area contributed by atoms with E-state index in [1.807, 2.05) is 60.0 Å². The van der Waals surface area contributed by atoms with Gasteiger partial charge in [-0.25, -0.2) is 4.52 Å². The van der Waals surface area contributed by atoms with E-state index in [0.29, 0.717) is 24.0 Å². The summed E-state index contributed by atoms with van der Waals surface area (Å²) in [5.41, 5.74) is 5.98. The molecule has 5 aromatic rings. The van der Waals surface area contributed by atoms with E-state index in [4.69, 9.17) is 5.10 Å². The third kappa shape index (κ3) is 4.47. The molecule has 6 rings (SSSR count). The van der Waals surface area contributed by atoms with Crippen LogP contribution < -0.4 is 10.6 Å². The van der Waals surface area contributed by atoms with Crippen molar-refractivity contribution in [1.29, 1.82) is 0 Å². The second-order valence-electron chi connectivity index (χ2n) is 9.94. The fourth-order valence-corrected chi connectivity index (χ4v) is 5.25. The summed E-state index contributed by atoms with van der Waals surface area (Å²) in [7, 11) is 1.92. The second-order valence-corrected chi connectivity index (χ2v) is 9.94. The van der Waals surface area contributed by atoms with Gasteiger partial charge in [-0.15, -0.1) is 0 Å². The number of hydrogen-bond donors (Lipinski definition) is 2. The monoisotopic (exact) mass is 509 g/mol. The van der Waals surface area contributed by atoms with Crippen molar-refractivity contribution in [2.75, 3.05) is 25.0 Å². The van der Waals surface area contributed by atoms with Gasteiger partial charge in [0.2, 0.25) is 0 Å². The number of aromatic nitrogens is 6. The Morgan fingerprint density at radius 2 is 2.08 bits per heavy atom. The van der Waals surface area contributed by atoms with Crippen LogP contribution in [0.1, 0.15) is 35.8 Å². The maximum atomic E-state index is 12.9. The predicted octanol–water partition coefficient (Wildman–Crippen LogP) is 3.94. The Morgan fingerprint density at radius 1 is 1.18 bits per heavy atom. The number of aryl methyl sites for hydroxylation is 2. The smallest absolute Gasteiger partial charge is 0.252 e. The van der Waals surface area contributed by atoms with Gasteiger partial charge in [-0.1, -0.05) is 6.07 Å². The number of carbonyl (C=O) groups is 1. The minimum absolute atomic E-state index is 0.127. The number of rotatable bonds is 7. The van der Waals surface area contributed by atoms with Crippen LogP contribution in [0.15, 0.2) is 55.2 Å². The molecule has 0 spiro atoms. The SMILES string of the molecule is Cc1ncc(C(=O)NCCN2CCC[C@@H]2C)cc1Nc1nn(C)c2c1cnn1cc(-c3cccnc3)cc21. The maximum absolute atomic E-state index is 12.9. The molecule has 1 fully saturated rings. The molecule has 0 aromatic carbocycles. The van der Waals surface area contributed by atoms with Crippen molar-refractivity contribution in [3.05, 3.63) is 66.5 Å². The van der Waals surface area contributed by atoms with Crippen molar-refractivity contribution in [3.8, 4) is 11.1 Å². The zero-order valence-electron chi connectivity index (χ0n) is 21.8. The Morgan fingerprint density at radius 3 is 2.87 bits per heavy atom. The fraction of sp³-hybridized carbons (Fsp3) is 0.321. The molecule has 0 saturated carbocycles. The summed E-state index contributed by atoms with van der Waals surface area (Å²) in [6.07, 6.45) is 11.5. The van der Waals surface area contributed by atoms with Crippen molar-refractivity contribution < 1.29 is 4.79 Å². The Kier molecular flexibility index (Phi) is 6.24. The third-order valence-corrected chi connectivity index (χ3v) is 7.41. The number of hydrogen-bond acceptors (Lipinski definition) is 7. The van der Waals surface area contributed by atoms with Gasteiger partial charge in [0.05, 0.1) is 39.6 Å². The summed E-state index contributed by atoms with van der Waals surface area (Å²) in [6.45, 7) is 6.73.